The molecule has 1 aliphatic rings. The molecule has 1 aliphatic heterocycles. The van der Waals surface area contributed by atoms with Crippen LogP contribution >= 0.6 is 0 Å². The average molecular weight is 282 g/mol. The topological polar surface area (TPSA) is 46.3 Å². The molecule has 0 bridgehead atoms. The molecular formula is C15H20F2N2O. The van der Waals surface area contributed by atoms with E-state index >= 15 is 0 Å². The van der Waals surface area contributed by atoms with Crippen molar-refractivity contribution in [3.63, 3.8) is 0 Å². The van der Waals surface area contributed by atoms with Crippen LogP contribution in [0.3, 0.4) is 0 Å². The first-order chi connectivity index (χ1) is 9.40. The van der Waals surface area contributed by atoms with Gasteiger partial charge in [-0.1, -0.05) is 26.0 Å². The van der Waals surface area contributed by atoms with E-state index in [0.29, 0.717) is 24.8 Å². The highest BCUT2D eigenvalue weighted by atomic mass is 19.2. The van der Waals surface area contributed by atoms with Gasteiger partial charge in [-0.05, 0) is 17.9 Å². The van der Waals surface area contributed by atoms with E-state index in [9.17, 15) is 13.6 Å². The minimum Gasteiger partial charge on any atom is -0.340 e. The van der Waals surface area contributed by atoms with Gasteiger partial charge in [-0.25, -0.2) is 8.78 Å². The lowest BCUT2D eigenvalue weighted by atomic mass is 9.95. The zero-order valence-corrected chi connectivity index (χ0v) is 11.8. The minimum atomic E-state index is -0.924. The van der Waals surface area contributed by atoms with Crippen molar-refractivity contribution in [2.45, 2.75) is 26.3 Å². The second-order valence-corrected chi connectivity index (χ2v) is 5.76. The molecule has 0 aromatic heterocycles. The zero-order valence-electron chi connectivity index (χ0n) is 11.8. The monoisotopic (exact) mass is 282 g/mol. The summed E-state index contributed by atoms with van der Waals surface area (Å²) in [5, 5.41) is 0. The van der Waals surface area contributed by atoms with Crippen LogP contribution in [0, 0.1) is 23.5 Å². The number of nitrogens with zero attached hydrogens (tertiary/aromatic N) is 1. The Bertz CT molecular complexity index is 505. The van der Waals surface area contributed by atoms with E-state index in [0.717, 1.165) is 6.07 Å². The smallest absolute Gasteiger partial charge is 0.222 e. The van der Waals surface area contributed by atoms with Crippen molar-refractivity contribution in [1.82, 2.24) is 4.90 Å². The van der Waals surface area contributed by atoms with Crippen LogP contribution < -0.4 is 5.73 Å². The predicted octanol–water partition coefficient (Wildman–Crippen LogP) is 2.47. The van der Waals surface area contributed by atoms with Crippen molar-refractivity contribution in [3.05, 3.63) is 35.4 Å². The van der Waals surface area contributed by atoms with Gasteiger partial charge in [0.15, 0.2) is 11.6 Å². The molecule has 0 radical (unpaired) electrons. The van der Waals surface area contributed by atoms with E-state index < -0.39 is 17.7 Å². The number of halogens is 2. The van der Waals surface area contributed by atoms with Crippen molar-refractivity contribution >= 4 is 5.91 Å². The molecule has 1 saturated heterocycles. The minimum absolute atomic E-state index is 0.0379. The maximum absolute atomic E-state index is 13.7. The van der Waals surface area contributed by atoms with E-state index in [1.807, 2.05) is 0 Å². The van der Waals surface area contributed by atoms with Crippen LogP contribution in [-0.2, 0) is 4.79 Å². The molecular weight excluding hydrogens is 262 g/mol. The Kier molecular flexibility index (Phi) is 4.38. The van der Waals surface area contributed by atoms with Crippen LogP contribution in [0.2, 0.25) is 0 Å². The first kappa shape index (κ1) is 14.9. The third-order valence-electron chi connectivity index (χ3n) is 3.99. The number of carbonyl (C=O) groups excluding carboxylic acids is 1. The fourth-order valence-corrected chi connectivity index (χ4v) is 2.57. The van der Waals surface area contributed by atoms with Crippen LogP contribution in [0.5, 0.6) is 0 Å². The van der Waals surface area contributed by atoms with Crippen LogP contribution in [0.1, 0.15) is 31.9 Å². The summed E-state index contributed by atoms with van der Waals surface area (Å²) in [6.45, 7) is 5.02. The Labute approximate surface area is 117 Å². The molecule has 110 valence electrons. The van der Waals surface area contributed by atoms with Crippen LogP contribution in [0.4, 0.5) is 8.78 Å². The van der Waals surface area contributed by atoms with Crippen molar-refractivity contribution in [2.24, 2.45) is 17.6 Å². The van der Waals surface area contributed by atoms with Gasteiger partial charge in [0.25, 0.3) is 0 Å². The second kappa shape index (κ2) is 5.87. The number of hydrogen-bond donors (Lipinski definition) is 1. The fourth-order valence-electron chi connectivity index (χ4n) is 2.57. The summed E-state index contributed by atoms with van der Waals surface area (Å²) in [5.74, 6) is -1.06. The Morgan fingerprint density at radius 2 is 2.10 bits per heavy atom. The molecule has 5 heteroatoms. The van der Waals surface area contributed by atoms with Gasteiger partial charge in [-0.2, -0.15) is 0 Å². The summed E-state index contributed by atoms with van der Waals surface area (Å²) in [7, 11) is 0. The van der Waals surface area contributed by atoms with Crippen molar-refractivity contribution < 1.29 is 13.6 Å². The number of rotatable bonds is 4. The molecule has 2 N–H and O–H groups in total. The maximum atomic E-state index is 13.7. The predicted molar refractivity (Wildman–Crippen MR) is 72.8 cm³/mol. The van der Waals surface area contributed by atoms with Gasteiger partial charge >= 0.3 is 0 Å². The van der Waals surface area contributed by atoms with Crippen molar-refractivity contribution in [3.8, 4) is 0 Å². The van der Waals surface area contributed by atoms with Crippen LogP contribution in [-0.4, -0.2) is 23.9 Å². The summed E-state index contributed by atoms with van der Waals surface area (Å²) in [5.41, 5.74) is 6.04. The molecule has 20 heavy (non-hydrogen) atoms. The van der Waals surface area contributed by atoms with E-state index in [1.54, 1.807) is 4.90 Å². The molecule has 2 unspecified atom stereocenters. The summed E-state index contributed by atoms with van der Waals surface area (Å²) in [4.78, 5) is 13.6. The summed E-state index contributed by atoms with van der Waals surface area (Å²) in [6, 6.07) is 3.24. The molecule has 1 aromatic carbocycles. The lowest BCUT2D eigenvalue weighted by Crippen LogP contribution is -2.34. The van der Waals surface area contributed by atoms with E-state index in [1.165, 1.54) is 12.1 Å². The van der Waals surface area contributed by atoms with Gasteiger partial charge in [0.2, 0.25) is 5.91 Å². The summed E-state index contributed by atoms with van der Waals surface area (Å²) >= 11 is 0. The number of hydrogen-bond acceptors (Lipinski definition) is 2. The van der Waals surface area contributed by atoms with Gasteiger partial charge in [0.05, 0.1) is 6.04 Å². The third-order valence-corrected chi connectivity index (χ3v) is 3.99. The van der Waals surface area contributed by atoms with E-state index in [4.69, 9.17) is 5.73 Å². The molecule has 3 nitrogen and oxygen atoms in total. The van der Waals surface area contributed by atoms with Crippen LogP contribution in [0.15, 0.2) is 18.2 Å². The van der Waals surface area contributed by atoms with E-state index in [2.05, 4.69) is 13.8 Å². The summed E-state index contributed by atoms with van der Waals surface area (Å²) in [6.07, 6.45) is 0.510. The van der Waals surface area contributed by atoms with Gasteiger partial charge in [0, 0.05) is 25.1 Å². The molecule has 0 saturated carbocycles. The molecule has 1 fully saturated rings. The molecule has 2 atom stereocenters. The number of likely N-dealkylation sites (tertiary alicyclic amines) is 1. The Hall–Kier alpha value is -1.49. The van der Waals surface area contributed by atoms with Crippen molar-refractivity contribution in [2.75, 3.05) is 13.1 Å². The maximum Gasteiger partial charge on any atom is 0.222 e. The molecule has 2 rings (SSSR count). The zero-order chi connectivity index (χ0) is 14.9. The highest BCUT2D eigenvalue weighted by molar-refractivity contribution is 5.78. The normalized spacial score (nSPS) is 20.8. The lowest BCUT2D eigenvalue weighted by Gasteiger charge is -2.22. The Morgan fingerprint density at radius 3 is 2.70 bits per heavy atom. The first-order valence-electron chi connectivity index (χ1n) is 6.87. The third kappa shape index (κ3) is 2.98. The first-order valence-corrected chi connectivity index (χ1v) is 6.87. The SMILES string of the molecule is CC(C)C1CC(=O)N(CC(N)c2cccc(F)c2F)C1. The number of carbonyl (C=O) groups is 1. The highest BCUT2D eigenvalue weighted by Crippen LogP contribution is 2.27. The molecule has 1 aromatic rings. The summed E-state index contributed by atoms with van der Waals surface area (Å²) < 4.78 is 26.9. The van der Waals surface area contributed by atoms with Gasteiger partial charge in [-0.3, -0.25) is 4.79 Å². The fraction of sp³-hybridized carbons (Fsp3) is 0.533. The largest absolute Gasteiger partial charge is 0.340 e. The Balaban J connectivity index is 2.07. The average Bonchev–Trinajstić information content (AvgIpc) is 2.74. The number of nitrogens with two attached hydrogens (primary N) is 1. The Morgan fingerprint density at radius 1 is 1.40 bits per heavy atom. The van der Waals surface area contributed by atoms with Gasteiger partial charge in [-0.15, -0.1) is 0 Å². The van der Waals surface area contributed by atoms with E-state index in [-0.39, 0.29) is 18.0 Å². The second-order valence-electron chi connectivity index (χ2n) is 5.76. The van der Waals surface area contributed by atoms with Gasteiger partial charge < -0.3 is 10.6 Å². The molecule has 1 heterocycles. The highest BCUT2D eigenvalue weighted by Gasteiger charge is 2.32. The molecule has 0 spiro atoms. The molecule has 0 aliphatic carbocycles. The molecule has 1 amide bonds. The number of amides is 1. The van der Waals surface area contributed by atoms with Crippen LogP contribution in [0.25, 0.3) is 0 Å². The quantitative estimate of drug-likeness (QED) is 0.922. The number of benzene rings is 1. The van der Waals surface area contributed by atoms with Crippen molar-refractivity contribution in [1.29, 1.82) is 0 Å². The lowest BCUT2D eigenvalue weighted by molar-refractivity contribution is -0.128. The standard InChI is InChI=1S/C15H20F2N2O/c1-9(2)10-6-14(20)19(7-10)8-13(18)11-4-3-5-12(16)15(11)17/h3-5,9-10,13H,6-8,18H2,1-2H3. The van der Waals surface area contributed by atoms with Gasteiger partial charge in [0.1, 0.15) is 0 Å².